The summed E-state index contributed by atoms with van der Waals surface area (Å²) in [5, 5.41) is 5.90. The van der Waals surface area contributed by atoms with E-state index in [1.54, 1.807) is 24.3 Å². The van der Waals surface area contributed by atoms with E-state index < -0.39 is 10.0 Å². The molecule has 1 amide bonds. The molecule has 2 N–H and O–H groups in total. The second-order valence-electron chi connectivity index (χ2n) is 6.41. The highest BCUT2D eigenvalue weighted by Gasteiger charge is 2.21. The third-order valence-electron chi connectivity index (χ3n) is 4.46. The van der Waals surface area contributed by atoms with E-state index in [0.717, 1.165) is 12.8 Å². The summed E-state index contributed by atoms with van der Waals surface area (Å²) in [4.78, 5) is 12.2. The molecule has 152 valence electrons. The van der Waals surface area contributed by atoms with Crippen molar-refractivity contribution in [1.82, 2.24) is 9.62 Å². The van der Waals surface area contributed by atoms with Crippen molar-refractivity contribution in [2.45, 2.75) is 31.6 Å². The Labute approximate surface area is 168 Å². The van der Waals surface area contributed by atoms with Crippen LogP contribution in [0.1, 0.15) is 25.8 Å². The van der Waals surface area contributed by atoms with Gasteiger partial charge in [-0.25, -0.2) is 8.42 Å². The lowest BCUT2D eigenvalue weighted by molar-refractivity contribution is -0.119. The monoisotopic (exact) mass is 403 g/mol. The van der Waals surface area contributed by atoms with Crippen molar-refractivity contribution >= 4 is 21.6 Å². The van der Waals surface area contributed by atoms with Crippen molar-refractivity contribution in [1.29, 1.82) is 0 Å². The lowest BCUT2D eigenvalue weighted by Gasteiger charge is -2.18. The fraction of sp³-hybridized carbons (Fsp3) is 0.381. The second-order valence-corrected chi connectivity index (χ2v) is 8.34. The third kappa shape index (κ3) is 6.35. The molecular formula is C21H29N3O3S. The average Bonchev–Trinajstić information content (AvgIpc) is 2.71. The predicted octanol–water partition coefficient (Wildman–Crippen LogP) is 2.88. The average molecular weight is 404 g/mol. The molecule has 0 unspecified atom stereocenters. The van der Waals surface area contributed by atoms with E-state index in [1.165, 1.54) is 9.87 Å². The van der Waals surface area contributed by atoms with E-state index >= 15 is 0 Å². The lowest BCUT2D eigenvalue weighted by atomic mass is 10.1. The van der Waals surface area contributed by atoms with Gasteiger partial charge in [-0.05, 0) is 42.7 Å². The van der Waals surface area contributed by atoms with Crippen LogP contribution in [0.25, 0.3) is 0 Å². The SMILES string of the molecule is CCN(CC)S(=O)(=O)c1ccc(NCC(=O)NCCCc2ccccc2)cc1. The Balaban J connectivity index is 1.76. The fourth-order valence-corrected chi connectivity index (χ4v) is 4.33. The van der Waals surface area contributed by atoms with Crippen LogP contribution in [0.15, 0.2) is 59.5 Å². The van der Waals surface area contributed by atoms with Gasteiger partial charge in [-0.15, -0.1) is 0 Å². The van der Waals surface area contributed by atoms with Crippen LogP contribution >= 0.6 is 0 Å². The molecule has 0 saturated carbocycles. The fourth-order valence-electron chi connectivity index (χ4n) is 2.87. The Kier molecular flexibility index (Phi) is 8.47. The standard InChI is InChI=1S/C21H29N3O3S/c1-3-24(4-2)28(26,27)20-14-12-19(13-15-20)23-17-21(25)22-16-8-11-18-9-6-5-7-10-18/h5-7,9-10,12-15,23H,3-4,8,11,16-17H2,1-2H3,(H,22,25). The van der Waals surface area contributed by atoms with Gasteiger partial charge in [0.2, 0.25) is 15.9 Å². The molecule has 0 aliphatic carbocycles. The van der Waals surface area contributed by atoms with Gasteiger partial charge in [-0.2, -0.15) is 4.31 Å². The van der Waals surface area contributed by atoms with E-state index in [-0.39, 0.29) is 17.3 Å². The van der Waals surface area contributed by atoms with Crippen LogP contribution in [0.3, 0.4) is 0 Å². The number of carbonyl (C=O) groups is 1. The Morgan fingerprint density at radius 3 is 2.21 bits per heavy atom. The van der Waals surface area contributed by atoms with Gasteiger partial charge in [0.25, 0.3) is 0 Å². The van der Waals surface area contributed by atoms with E-state index in [9.17, 15) is 13.2 Å². The first-order valence-corrected chi connectivity index (χ1v) is 11.1. The molecule has 2 aromatic rings. The number of benzene rings is 2. The van der Waals surface area contributed by atoms with Crippen molar-refractivity contribution in [3.8, 4) is 0 Å². The van der Waals surface area contributed by atoms with E-state index in [1.807, 2.05) is 32.0 Å². The van der Waals surface area contributed by atoms with Gasteiger partial charge in [0.15, 0.2) is 0 Å². The summed E-state index contributed by atoms with van der Waals surface area (Å²) < 4.78 is 26.3. The molecule has 28 heavy (non-hydrogen) atoms. The van der Waals surface area contributed by atoms with Gasteiger partial charge >= 0.3 is 0 Å². The summed E-state index contributed by atoms with van der Waals surface area (Å²) in [6.07, 6.45) is 1.81. The van der Waals surface area contributed by atoms with E-state index in [2.05, 4.69) is 22.8 Å². The molecule has 0 aliphatic rings. The molecule has 0 spiro atoms. The summed E-state index contributed by atoms with van der Waals surface area (Å²) in [6.45, 7) is 5.27. The van der Waals surface area contributed by atoms with Gasteiger partial charge in [-0.1, -0.05) is 44.2 Å². The zero-order valence-corrected chi connectivity index (χ0v) is 17.3. The van der Waals surface area contributed by atoms with Crippen molar-refractivity contribution in [3.05, 3.63) is 60.2 Å². The maximum atomic E-state index is 12.5. The maximum absolute atomic E-state index is 12.5. The minimum absolute atomic E-state index is 0.0899. The predicted molar refractivity (Wildman–Crippen MR) is 113 cm³/mol. The van der Waals surface area contributed by atoms with Crippen molar-refractivity contribution in [3.63, 3.8) is 0 Å². The van der Waals surface area contributed by atoms with Crippen LogP contribution in [-0.2, 0) is 21.2 Å². The molecule has 0 atom stereocenters. The Bertz CT molecular complexity index is 833. The van der Waals surface area contributed by atoms with Crippen LogP contribution in [0.5, 0.6) is 0 Å². The second kappa shape index (κ2) is 10.8. The largest absolute Gasteiger partial charge is 0.376 e. The highest BCUT2D eigenvalue weighted by Crippen LogP contribution is 2.18. The van der Waals surface area contributed by atoms with Gasteiger partial charge in [-0.3, -0.25) is 4.79 Å². The molecule has 2 aromatic carbocycles. The zero-order chi connectivity index (χ0) is 20.4. The number of carbonyl (C=O) groups excluding carboxylic acids is 1. The number of sulfonamides is 1. The molecule has 6 nitrogen and oxygen atoms in total. The topological polar surface area (TPSA) is 78.5 Å². The zero-order valence-electron chi connectivity index (χ0n) is 16.5. The highest BCUT2D eigenvalue weighted by molar-refractivity contribution is 7.89. The molecular weight excluding hydrogens is 374 g/mol. The molecule has 0 saturated heterocycles. The quantitative estimate of drug-likeness (QED) is 0.566. The molecule has 2 rings (SSSR count). The maximum Gasteiger partial charge on any atom is 0.243 e. The number of rotatable bonds is 11. The number of aryl methyl sites for hydroxylation is 1. The normalized spacial score (nSPS) is 11.4. The molecule has 0 aromatic heterocycles. The van der Waals surface area contributed by atoms with Crippen LogP contribution in [0, 0.1) is 0 Å². The first kappa shape index (κ1) is 21.9. The Hall–Kier alpha value is -2.38. The molecule has 0 fully saturated rings. The highest BCUT2D eigenvalue weighted by atomic mass is 32.2. The molecule has 0 aliphatic heterocycles. The molecule has 0 radical (unpaired) electrons. The van der Waals surface area contributed by atoms with Crippen LogP contribution in [-0.4, -0.2) is 44.8 Å². The number of amides is 1. The first-order valence-electron chi connectivity index (χ1n) is 9.62. The number of nitrogens with zero attached hydrogens (tertiary/aromatic N) is 1. The molecule has 0 heterocycles. The van der Waals surface area contributed by atoms with Crippen molar-refractivity contribution in [2.24, 2.45) is 0 Å². The Morgan fingerprint density at radius 1 is 0.964 bits per heavy atom. The van der Waals surface area contributed by atoms with Gasteiger partial charge < -0.3 is 10.6 Å². The summed E-state index contributed by atoms with van der Waals surface area (Å²) >= 11 is 0. The summed E-state index contributed by atoms with van der Waals surface area (Å²) in [5.74, 6) is -0.0899. The van der Waals surface area contributed by atoms with Crippen LogP contribution in [0.2, 0.25) is 0 Å². The van der Waals surface area contributed by atoms with Crippen molar-refractivity contribution < 1.29 is 13.2 Å². The first-order chi connectivity index (χ1) is 13.5. The van der Waals surface area contributed by atoms with Crippen molar-refractivity contribution in [2.75, 3.05) is 31.5 Å². The molecule has 0 bridgehead atoms. The number of hydrogen-bond acceptors (Lipinski definition) is 4. The lowest BCUT2D eigenvalue weighted by Crippen LogP contribution is -2.31. The molecule has 7 heteroatoms. The van der Waals surface area contributed by atoms with Crippen LogP contribution < -0.4 is 10.6 Å². The van der Waals surface area contributed by atoms with E-state index in [4.69, 9.17) is 0 Å². The summed E-state index contributed by atoms with van der Waals surface area (Å²) in [7, 11) is -3.46. The minimum Gasteiger partial charge on any atom is -0.376 e. The number of anilines is 1. The van der Waals surface area contributed by atoms with Gasteiger partial charge in [0.1, 0.15) is 0 Å². The van der Waals surface area contributed by atoms with Gasteiger partial charge in [0.05, 0.1) is 11.4 Å². The van der Waals surface area contributed by atoms with Gasteiger partial charge in [0, 0.05) is 25.3 Å². The van der Waals surface area contributed by atoms with E-state index in [0.29, 0.717) is 25.3 Å². The minimum atomic E-state index is -3.46. The van der Waals surface area contributed by atoms with Crippen LogP contribution in [0.4, 0.5) is 5.69 Å². The smallest absolute Gasteiger partial charge is 0.243 e. The number of nitrogens with one attached hydrogen (secondary N) is 2. The summed E-state index contributed by atoms with van der Waals surface area (Å²) in [5.41, 5.74) is 1.97. The third-order valence-corrected chi connectivity index (χ3v) is 6.52. The number of hydrogen-bond donors (Lipinski definition) is 2. The summed E-state index contributed by atoms with van der Waals surface area (Å²) in [6, 6.07) is 16.6. The Morgan fingerprint density at radius 2 is 1.61 bits per heavy atom.